The summed E-state index contributed by atoms with van der Waals surface area (Å²) >= 11 is 0. The molecule has 22 rings (SSSR count). The maximum atomic E-state index is 9.01. The normalized spacial score (nSPS) is 26.4. The molecule has 0 saturated heterocycles. The molecule has 14 fully saturated rings. The predicted octanol–water partition coefficient (Wildman–Crippen LogP) is 36.9. The molecule has 0 aromatic heterocycles. The van der Waals surface area contributed by atoms with Crippen LogP contribution in [0.4, 0.5) is 0 Å². The van der Waals surface area contributed by atoms with Gasteiger partial charge in [-0.05, 0) is 456 Å². The van der Waals surface area contributed by atoms with Gasteiger partial charge in [-0.3, -0.25) is 0 Å². The van der Waals surface area contributed by atoms with E-state index in [0.29, 0.717) is 82.4 Å². The van der Waals surface area contributed by atoms with Crippen molar-refractivity contribution in [1.29, 1.82) is 0 Å². The second-order valence-corrected chi connectivity index (χ2v) is 47.5. The molecule has 794 valence electrons. The molecule has 12 unspecified atom stereocenters. The van der Waals surface area contributed by atoms with Gasteiger partial charge in [-0.1, -0.05) is 246 Å². The second kappa shape index (κ2) is 56.6. The van der Waals surface area contributed by atoms with Crippen molar-refractivity contribution >= 4 is 0 Å². The molecule has 0 spiro atoms. The summed E-state index contributed by atoms with van der Waals surface area (Å²) in [6.45, 7) is 42.6. The molecule has 144 heavy (non-hydrogen) atoms. The molecule has 0 aliphatic heterocycles. The molecule has 14 aliphatic carbocycles. The Bertz CT molecular complexity index is 4570. The molecule has 0 heterocycles. The van der Waals surface area contributed by atoms with Gasteiger partial charge < -0.3 is 58.3 Å². The van der Waals surface area contributed by atoms with E-state index in [-0.39, 0.29) is 47.5 Å². The molecule has 12 nitrogen and oxygen atoms in total. The zero-order chi connectivity index (χ0) is 103. The molecule has 0 amide bonds. The molecule has 12 heteroatoms. The van der Waals surface area contributed by atoms with Crippen LogP contribution in [0.3, 0.4) is 0 Å². The lowest BCUT2D eigenvalue weighted by molar-refractivity contribution is -0.227. The molecular formula is C132H194O12. The number of hydrogen-bond acceptors (Lipinski definition) is 12. The Kier molecular flexibility index (Phi) is 45.1. The highest BCUT2D eigenvalue weighted by atomic mass is 16.7. The van der Waals surface area contributed by atoms with Crippen molar-refractivity contribution in [3.05, 3.63) is 239 Å². The number of benzene rings is 8. The molecule has 8 aromatic carbocycles. The van der Waals surface area contributed by atoms with Gasteiger partial charge in [-0.25, -0.2) is 0 Å². The SMILES string of the molecule is CCC(C)c1ccc(O)cc1.CCC(C)c1ccc(O)cc1.CCC(C)c1ccc(O)cc1.CCC(C)c1ccc(O)cc1.CCC(C)c1ccc(OC(OC(C)C)C23CC4CC(CC(C4)C2)C3)cc1.CCC(C)c1ccc(OC(OC)C23CC4CC(CC(C4)C2)C3)cc1.CCC(C)c1ccc(OC(OC2CCCCC2)C2CCCCC2)cc1.CCOC(Oc1ccc(C(C)CC)cc1)C12CC3CC(CC(C3)C1)C2. The Labute approximate surface area is 874 Å². The zero-order valence-corrected chi connectivity index (χ0v) is 93.0. The fraction of sp³-hybridized carbons (Fsp3) is 0.636. The first-order chi connectivity index (χ1) is 69.4. The highest BCUT2D eigenvalue weighted by Gasteiger charge is 2.59. The first kappa shape index (κ1) is 115. The van der Waals surface area contributed by atoms with Gasteiger partial charge in [0.25, 0.3) is 0 Å². The first-order valence-electron chi connectivity index (χ1n) is 58.1. The third-order valence-corrected chi connectivity index (χ3v) is 36.1. The average molecular weight is 1970 g/mol. The number of phenols is 4. The quantitative estimate of drug-likeness (QED) is 0.0280. The molecule has 0 radical (unpaired) electrons. The smallest absolute Gasteiger partial charge is 0.205 e. The Hall–Kier alpha value is -8.00. The van der Waals surface area contributed by atoms with E-state index >= 15 is 0 Å². The Balaban J connectivity index is 0.000000151. The monoisotopic (exact) mass is 1970 g/mol. The third kappa shape index (κ3) is 33.0. The molecule has 8 aromatic rings. The summed E-state index contributed by atoms with van der Waals surface area (Å²) in [4.78, 5) is 0. The van der Waals surface area contributed by atoms with Gasteiger partial charge in [-0.15, -0.1) is 0 Å². The van der Waals surface area contributed by atoms with Gasteiger partial charge >= 0.3 is 0 Å². The van der Waals surface area contributed by atoms with Crippen LogP contribution in [0.15, 0.2) is 194 Å². The summed E-state index contributed by atoms with van der Waals surface area (Å²) in [5.74, 6) is 18.9. The van der Waals surface area contributed by atoms with Crippen molar-refractivity contribution in [1.82, 2.24) is 0 Å². The summed E-state index contributed by atoms with van der Waals surface area (Å²) in [7, 11) is 1.83. The van der Waals surface area contributed by atoms with Crippen LogP contribution < -0.4 is 18.9 Å². The van der Waals surface area contributed by atoms with Crippen molar-refractivity contribution in [2.75, 3.05) is 13.7 Å². The fourth-order valence-corrected chi connectivity index (χ4v) is 27.0. The molecule has 14 aliphatic rings. The van der Waals surface area contributed by atoms with Crippen LogP contribution in [0.1, 0.15) is 455 Å². The summed E-state index contributed by atoms with van der Waals surface area (Å²) < 4.78 is 50.9. The number of aromatic hydroxyl groups is 4. The summed E-state index contributed by atoms with van der Waals surface area (Å²) in [6, 6.07) is 64.7. The third-order valence-electron chi connectivity index (χ3n) is 36.1. The van der Waals surface area contributed by atoms with Crippen molar-refractivity contribution in [2.45, 2.75) is 447 Å². The Morgan fingerprint density at radius 3 is 0.694 bits per heavy atom. The van der Waals surface area contributed by atoms with E-state index < -0.39 is 0 Å². The van der Waals surface area contributed by atoms with E-state index in [2.05, 4.69) is 229 Å². The minimum atomic E-state index is -0.0923. The lowest BCUT2D eigenvalue weighted by Gasteiger charge is -2.58. The van der Waals surface area contributed by atoms with Gasteiger partial charge in [0, 0.05) is 35.9 Å². The van der Waals surface area contributed by atoms with Gasteiger partial charge in [0.05, 0.1) is 12.2 Å². The minimum absolute atomic E-state index is 0.0575. The Morgan fingerprint density at radius 1 is 0.257 bits per heavy atom. The summed E-state index contributed by atoms with van der Waals surface area (Å²) in [5.41, 5.74) is 11.6. The van der Waals surface area contributed by atoms with Crippen LogP contribution in [-0.4, -0.2) is 71.5 Å². The minimum Gasteiger partial charge on any atom is -0.508 e. The molecule has 4 N–H and O–H groups in total. The van der Waals surface area contributed by atoms with Gasteiger partial charge in [0.15, 0.2) is 0 Å². The number of ether oxygens (including phenoxy) is 8. The zero-order valence-electron chi connectivity index (χ0n) is 93.0. The van der Waals surface area contributed by atoms with Crippen LogP contribution in [0.25, 0.3) is 0 Å². The molecule has 14 saturated carbocycles. The lowest BCUT2D eigenvalue weighted by Crippen LogP contribution is -2.54. The summed E-state index contributed by atoms with van der Waals surface area (Å²) in [5, 5.41) is 36.0. The number of rotatable bonds is 35. The van der Waals surface area contributed by atoms with E-state index in [0.717, 1.165) is 109 Å². The van der Waals surface area contributed by atoms with Crippen molar-refractivity contribution < 1.29 is 58.3 Å². The van der Waals surface area contributed by atoms with Gasteiger partial charge in [0.2, 0.25) is 25.2 Å². The maximum Gasteiger partial charge on any atom is 0.205 e. The first-order valence-corrected chi connectivity index (χ1v) is 58.1. The highest BCUT2D eigenvalue weighted by Crippen LogP contribution is 2.65. The van der Waals surface area contributed by atoms with E-state index in [1.54, 1.807) is 48.5 Å². The van der Waals surface area contributed by atoms with Crippen LogP contribution in [0.2, 0.25) is 0 Å². The highest BCUT2D eigenvalue weighted by molar-refractivity contribution is 5.36. The average Bonchev–Trinajstić information content (AvgIpc) is 0.744. The van der Waals surface area contributed by atoms with Crippen molar-refractivity contribution in [3.8, 4) is 46.0 Å². The molecular weight excluding hydrogens is 1780 g/mol. The van der Waals surface area contributed by atoms with E-state index in [1.807, 2.05) is 55.6 Å². The number of methoxy groups -OCH3 is 1. The van der Waals surface area contributed by atoms with Crippen LogP contribution in [0.5, 0.6) is 46.0 Å². The molecule has 12 atom stereocenters. The number of hydrogen-bond donors (Lipinski definition) is 4. The van der Waals surface area contributed by atoms with Crippen LogP contribution >= 0.6 is 0 Å². The van der Waals surface area contributed by atoms with Gasteiger partial charge in [-0.2, -0.15) is 0 Å². The van der Waals surface area contributed by atoms with Gasteiger partial charge in [0.1, 0.15) is 46.0 Å². The van der Waals surface area contributed by atoms with E-state index in [4.69, 9.17) is 58.3 Å². The van der Waals surface area contributed by atoms with Crippen molar-refractivity contribution in [3.63, 3.8) is 0 Å². The van der Waals surface area contributed by atoms with E-state index in [1.165, 1.54) is 250 Å². The molecule has 12 bridgehead atoms. The predicted molar refractivity (Wildman–Crippen MR) is 597 cm³/mol. The largest absolute Gasteiger partial charge is 0.508 e. The lowest BCUT2D eigenvalue weighted by atomic mass is 9.49. The van der Waals surface area contributed by atoms with Crippen molar-refractivity contribution in [2.24, 2.45) is 75.4 Å². The van der Waals surface area contributed by atoms with Crippen LogP contribution in [-0.2, 0) is 18.9 Å². The fourth-order valence-electron chi connectivity index (χ4n) is 27.0. The topological polar surface area (TPSA) is 155 Å². The maximum absolute atomic E-state index is 9.01. The Morgan fingerprint density at radius 2 is 0.465 bits per heavy atom. The van der Waals surface area contributed by atoms with Crippen LogP contribution in [0, 0.1) is 75.4 Å². The van der Waals surface area contributed by atoms with E-state index in [9.17, 15) is 0 Å². The second-order valence-electron chi connectivity index (χ2n) is 47.5. The summed E-state index contributed by atoms with van der Waals surface area (Å²) in [6.07, 6.45) is 47.4. The standard InChI is InChI=1S/C24H36O2.C23H34O2.C23H36O2.C22H32O2.4C10H14O/c1-5-17(4)21-6-8-22(9-7-21)26-23(25-16(2)3)24-13-18-10-19(14-24)12-20(11-18)15-24;1-4-16(3)20-6-8-21(9-7-20)25-22(24-5-2)23-13-17-10-18(14-23)12-19(11-17)15-23;1-3-18(2)19-14-16-22(17-15-19)25-23(20-10-6-4-7-11-20)24-21-12-8-5-9-13-21;1-4-15(2)19-5-7-20(8-6-19)24-21(23-3)22-12-16-9-17(13-22)11-18(10-16)14-22;4*1-3-8(2)9-4-6-10(11)7-5-9/h6-9,16-20,23H,5,10-15H2,1-4H3;6-9,16-19,22H,4-5,10-15H2,1-3H3;14-18,20-21,23H,3-13H2,1-2H3;5-8,15-18,21H,4,9-14H2,1-3H3;4*4-8,11H,3H2,1-2H3. The number of phenolic OH excluding ortho intramolecular Hbond substituents is 4.